The zero-order valence-corrected chi connectivity index (χ0v) is 18.5. The molecule has 1 N–H and O–H groups in total. The first kappa shape index (κ1) is 20.6. The number of fused-ring (bicyclic) bond motifs is 1. The highest BCUT2D eigenvalue weighted by molar-refractivity contribution is 5.83. The van der Waals surface area contributed by atoms with E-state index in [2.05, 4.69) is 45.6 Å². The molecule has 1 amide bonds. The number of hydrogen-bond acceptors (Lipinski definition) is 4. The predicted molar refractivity (Wildman–Crippen MR) is 126 cm³/mol. The molecule has 1 aromatic heterocycles. The van der Waals surface area contributed by atoms with Gasteiger partial charge in [-0.05, 0) is 36.1 Å². The lowest BCUT2D eigenvalue weighted by Gasteiger charge is -2.36. The van der Waals surface area contributed by atoms with Gasteiger partial charge in [-0.25, -0.2) is 0 Å². The lowest BCUT2D eigenvalue weighted by molar-refractivity contribution is -0.128. The van der Waals surface area contributed by atoms with E-state index in [9.17, 15) is 4.79 Å². The van der Waals surface area contributed by atoms with Gasteiger partial charge in [0.05, 0.1) is 18.4 Å². The fourth-order valence-corrected chi connectivity index (χ4v) is 4.73. The summed E-state index contributed by atoms with van der Waals surface area (Å²) in [6, 6.07) is 16.8. The van der Waals surface area contributed by atoms with Gasteiger partial charge in [-0.3, -0.25) is 9.48 Å². The summed E-state index contributed by atoms with van der Waals surface area (Å²) in [4.78, 5) is 15.3. The molecule has 2 heterocycles. The van der Waals surface area contributed by atoms with E-state index >= 15 is 0 Å². The Morgan fingerprint density at radius 1 is 1.06 bits per heavy atom. The number of aromatic nitrogens is 2. The zero-order valence-electron chi connectivity index (χ0n) is 18.5. The number of para-hydroxylation sites is 2. The summed E-state index contributed by atoms with van der Waals surface area (Å²) in [5.41, 5.74) is 4.48. The van der Waals surface area contributed by atoms with Gasteiger partial charge >= 0.3 is 0 Å². The van der Waals surface area contributed by atoms with E-state index < -0.39 is 6.10 Å². The van der Waals surface area contributed by atoms with Crippen LogP contribution in [0, 0.1) is 0 Å². The molecule has 1 saturated carbocycles. The predicted octanol–water partition coefficient (Wildman–Crippen LogP) is 4.30. The minimum absolute atomic E-state index is 0.00308. The third-order valence-corrected chi connectivity index (χ3v) is 6.47. The van der Waals surface area contributed by atoms with Crippen LogP contribution in [0.2, 0.25) is 0 Å². The molecule has 166 valence electrons. The van der Waals surface area contributed by atoms with E-state index in [0.717, 1.165) is 42.0 Å². The van der Waals surface area contributed by atoms with Crippen molar-refractivity contribution in [3.05, 3.63) is 66.5 Å². The molecule has 0 radical (unpaired) electrons. The van der Waals surface area contributed by atoms with Crippen molar-refractivity contribution in [3.8, 4) is 16.9 Å². The van der Waals surface area contributed by atoms with Gasteiger partial charge in [-0.2, -0.15) is 5.10 Å². The molecule has 6 heteroatoms. The Hall–Kier alpha value is -3.28. The highest BCUT2D eigenvalue weighted by atomic mass is 16.5. The number of anilines is 1. The largest absolute Gasteiger partial charge is 0.477 e. The summed E-state index contributed by atoms with van der Waals surface area (Å²) in [7, 11) is 1.93. The summed E-state index contributed by atoms with van der Waals surface area (Å²) < 4.78 is 7.93. The van der Waals surface area contributed by atoms with Crippen LogP contribution in [0.1, 0.15) is 37.7 Å². The molecule has 5 rings (SSSR count). The lowest BCUT2D eigenvalue weighted by atomic mass is 9.95. The molecular weight excluding hydrogens is 400 g/mol. The van der Waals surface area contributed by atoms with Crippen LogP contribution in [0.15, 0.2) is 60.9 Å². The van der Waals surface area contributed by atoms with Crippen molar-refractivity contribution in [2.75, 3.05) is 11.4 Å². The molecule has 1 aliphatic carbocycles. The fourth-order valence-electron chi connectivity index (χ4n) is 4.73. The number of amides is 1. The molecule has 1 fully saturated rings. The van der Waals surface area contributed by atoms with Crippen molar-refractivity contribution in [3.63, 3.8) is 0 Å². The average Bonchev–Trinajstić information content (AvgIpc) is 3.26. The van der Waals surface area contributed by atoms with E-state index in [0.29, 0.717) is 6.54 Å². The SMILES string of the molecule is Cn1cc(-c2ccc(CN3CC(C(=O)NC4CCCCC4)Oc4ccccc43)cc2)cn1. The number of carbonyl (C=O) groups excluding carboxylic acids is 1. The minimum atomic E-state index is -0.499. The second kappa shape index (κ2) is 9.07. The van der Waals surface area contributed by atoms with Gasteiger partial charge in [0.25, 0.3) is 5.91 Å². The monoisotopic (exact) mass is 430 g/mol. The summed E-state index contributed by atoms with van der Waals surface area (Å²) in [6.07, 6.45) is 9.20. The summed E-state index contributed by atoms with van der Waals surface area (Å²) in [5, 5.41) is 7.49. The van der Waals surface area contributed by atoms with Crippen molar-refractivity contribution in [2.45, 2.75) is 50.8 Å². The Balaban J connectivity index is 1.31. The number of rotatable bonds is 5. The summed E-state index contributed by atoms with van der Waals surface area (Å²) >= 11 is 0. The van der Waals surface area contributed by atoms with Crippen LogP contribution in [-0.2, 0) is 18.4 Å². The number of benzene rings is 2. The molecule has 1 aliphatic heterocycles. The van der Waals surface area contributed by atoms with Crippen LogP contribution >= 0.6 is 0 Å². The van der Waals surface area contributed by atoms with E-state index in [1.807, 2.05) is 42.3 Å². The normalized spacial score (nSPS) is 18.7. The van der Waals surface area contributed by atoms with E-state index in [1.54, 1.807) is 0 Å². The molecule has 0 spiro atoms. The van der Waals surface area contributed by atoms with Gasteiger partial charge in [0, 0.05) is 31.4 Å². The van der Waals surface area contributed by atoms with Crippen molar-refractivity contribution in [1.82, 2.24) is 15.1 Å². The molecule has 0 bridgehead atoms. The van der Waals surface area contributed by atoms with Crippen molar-refractivity contribution < 1.29 is 9.53 Å². The lowest BCUT2D eigenvalue weighted by Crippen LogP contribution is -2.51. The van der Waals surface area contributed by atoms with Crippen molar-refractivity contribution in [2.24, 2.45) is 7.05 Å². The number of hydrogen-bond donors (Lipinski definition) is 1. The third-order valence-electron chi connectivity index (χ3n) is 6.47. The fraction of sp³-hybridized carbons (Fsp3) is 0.385. The van der Waals surface area contributed by atoms with Crippen LogP contribution in [0.3, 0.4) is 0 Å². The quantitative estimate of drug-likeness (QED) is 0.656. The van der Waals surface area contributed by atoms with Crippen LogP contribution in [-0.4, -0.2) is 34.4 Å². The molecule has 2 aromatic carbocycles. The number of nitrogens with zero attached hydrogens (tertiary/aromatic N) is 3. The van der Waals surface area contributed by atoms with E-state index in [4.69, 9.17) is 4.74 Å². The highest BCUT2D eigenvalue weighted by Crippen LogP contribution is 2.34. The topological polar surface area (TPSA) is 59.4 Å². The molecule has 3 aromatic rings. The zero-order chi connectivity index (χ0) is 21.9. The Kier molecular flexibility index (Phi) is 5.84. The minimum Gasteiger partial charge on any atom is -0.477 e. The maximum atomic E-state index is 13.0. The van der Waals surface area contributed by atoms with Crippen LogP contribution in [0.5, 0.6) is 5.75 Å². The van der Waals surface area contributed by atoms with Crippen molar-refractivity contribution in [1.29, 1.82) is 0 Å². The molecule has 0 saturated heterocycles. The smallest absolute Gasteiger partial charge is 0.263 e. The first-order chi connectivity index (χ1) is 15.7. The van der Waals surface area contributed by atoms with Gasteiger partial charge < -0.3 is 15.0 Å². The molecule has 2 aliphatic rings. The Morgan fingerprint density at radius 2 is 1.84 bits per heavy atom. The molecule has 1 atom stereocenters. The van der Waals surface area contributed by atoms with Gasteiger partial charge in [-0.15, -0.1) is 0 Å². The van der Waals surface area contributed by atoms with Gasteiger partial charge in [-0.1, -0.05) is 55.7 Å². The second-order valence-electron chi connectivity index (χ2n) is 8.90. The summed E-state index contributed by atoms with van der Waals surface area (Å²) in [6.45, 7) is 1.26. The van der Waals surface area contributed by atoms with Gasteiger partial charge in [0.15, 0.2) is 6.10 Å². The standard InChI is InChI=1S/C26H30N4O2/c1-29-17-21(15-27-29)20-13-11-19(12-14-20)16-30-18-25(32-24-10-6-5-9-23(24)30)26(31)28-22-7-3-2-4-8-22/h5-6,9-15,17,22,25H,2-4,7-8,16,18H2,1H3,(H,28,31). The molecule has 1 unspecified atom stereocenters. The van der Waals surface area contributed by atoms with Crippen LogP contribution in [0.25, 0.3) is 11.1 Å². The van der Waals surface area contributed by atoms with Crippen LogP contribution in [0.4, 0.5) is 5.69 Å². The molecular formula is C26H30N4O2. The van der Waals surface area contributed by atoms with Gasteiger partial charge in [0.1, 0.15) is 5.75 Å². The number of aryl methyl sites for hydroxylation is 1. The van der Waals surface area contributed by atoms with Gasteiger partial charge in [0.2, 0.25) is 0 Å². The van der Waals surface area contributed by atoms with Crippen LogP contribution < -0.4 is 15.0 Å². The van der Waals surface area contributed by atoms with Crippen molar-refractivity contribution >= 4 is 11.6 Å². The molecule has 32 heavy (non-hydrogen) atoms. The summed E-state index contributed by atoms with van der Waals surface area (Å²) in [5.74, 6) is 0.776. The third kappa shape index (κ3) is 4.49. The second-order valence-corrected chi connectivity index (χ2v) is 8.90. The molecule has 6 nitrogen and oxygen atoms in total. The highest BCUT2D eigenvalue weighted by Gasteiger charge is 2.32. The Labute approximate surface area is 189 Å². The number of carbonyl (C=O) groups is 1. The Morgan fingerprint density at radius 3 is 2.59 bits per heavy atom. The van der Waals surface area contributed by atoms with E-state index in [1.165, 1.54) is 24.8 Å². The maximum absolute atomic E-state index is 13.0. The van der Waals surface area contributed by atoms with E-state index in [-0.39, 0.29) is 11.9 Å². The maximum Gasteiger partial charge on any atom is 0.263 e. The number of ether oxygens (including phenoxy) is 1. The Bertz CT molecular complexity index is 1070. The first-order valence-electron chi connectivity index (χ1n) is 11.5. The first-order valence-corrected chi connectivity index (χ1v) is 11.5. The average molecular weight is 431 g/mol. The number of nitrogens with one attached hydrogen (secondary N) is 1.